The van der Waals surface area contributed by atoms with Gasteiger partial charge in [0.1, 0.15) is 5.82 Å². The maximum Gasteiger partial charge on any atom is 2.00 e. The summed E-state index contributed by atoms with van der Waals surface area (Å²) >= 11 is 0. The molecule has 0 saturated heterocycles. The minimum atomic E-state index is -0.0257. The van der Waals surface area contributed by atoms with Gasteiger partial charge in [0.25, 0.3) is 0 Å². The zero-order valence-electron chi connectivity index (χ0n) is 28.8. The Bertz CT molecular complexity index is 2250. The molecule has 0 radical (unpaired) electrons. The average Bonchev–Trinajstić information content (AvgIpc) is 3.63. The molecule has 7 aromatic rings. The van der Waals surface area contributed by atoms with Crippen molar-refractivity contribution in [2.75, 3.05) is 0 Å². The molecule has 0 aliphatic heterocycles. The van der Waals surface area contributed by atoms with Crippen LogP contribution in [0.3, 0.4) is 0 Å². The van der Waals surface area contributed by atoms with Gasteiger partial charge in [-0.1, -0.05) is 83.0 Å². The van der Waals surface area contributed by atoms with E-state index >= 15 is 0 Å². The van der Waals surface area contributed by atoms with Crippen LogP contribution < -0.4 is 4.74 Å². The van der Waals surface area contributed by atoms with Gasteiger partial charge in [0.15, 0.2) is 0 Å². The Morgan fingerprint density at radius 2 is 1.42 bits per heavy atom. The Labute approximate surface area is 297 Å². The molecule has 0 N–H and O–H groups in total. The number of aryl methyl sites for hydroxylation is 2. The summed E-state index contributed by atoms with van der Waals surface area (Å²) in [7, 11) is 0. The molecule has 0 amide bonds. The molecular formula is C42H40N4OPt. The standard InChI is InChI=1S/C42H40N4O.Pt/c1-27-18-19-43-39(22-27)46-37-15-10-9-14-33(37)34-17-16-32(24-38(34)46)47-31-13-11-12-30(23-31)45-26-29(25-44-45)40-35(41(3,4)5)20-28(2)21-36(40)42(6,7)8;/h9-22,25-26H,1-8H3;/q-2;+2. The number of para-hydroxylation sites is 1. The second kappa shape index (κ2) is 12.5. The first-order valence-electron chi connectivity index (χ1n) is 16.2. The van der Waals surface area contributed by atoms with E-state index in [1.54, 1.807) is 0 Å². The molecule has 0 saturated carbocycles. The van der Waals surface area contributed by atoms with Crippen molar-refractivity contribution in [1.82, 2.24) is 19.3 Å². The predicted octanol–water partition coefficient (Wildman–Crippen LogP) is 10.6. The van der Waals surface area contributed by atoms with Crippen LogP contribution in [0, 0.1) is 26.0 Å². The third kappa shape index (κ3) is 6.24. The van der Waals surface area contributed by atoms with Gasteiger partial charge in [-0.05, 0) is 76.2 Å². The second-order valence-electron chi connectivity index (χ2n) is 14.5. The summed E-state index contributed by atoms with van der Waals surface area (Å²) < 4.78 is 10.4. The quantitative estimate of drug-likeness (QED) is 0.163. The molecule has 244 valence electrons. The Hall–Kier alpha value is -4.47. The Kier molecular flexibility index (Phi) is 8.72. The summed E-state index contributed by atoms with van der Waals surface area (Å²) in [5, 5.41) is 7.05. The van der Waals surface area contributed by atoms with Gasteiger partial charge in [-0.25, -0.2) is 4.98 Å². The number of nitrogens with zero attached hydrogens (tertiary/aromatic N) is 4. The van der Waals surface area contributed by atoms with E-state index in [1.807, 2.05) is 47.4 Å². The molecule has 4 aromatic carbocycles. The number of ether oxygens (including phenoxy) is 1. The molecule has 0 aliphatic carbocycles. The maximum atomic E-state index is 6.41. The molecule has 0 bridgehead atoms. The van der Waals surface area contributed by atoms with Crippen molar-refractivity contribution >= 4 is 21.8 Å². The van der Waals surface area contributed by atoms with Crippen molar-refractivity contribution in [2.45, 2.75) is 66.2 Å². The monoisotopic (exact) mass is 811 g/mol. The number of benzene rings is 4. The smallest absolute Gasteiger partial charge is 0.509 e. The number of hydrogen-bond donors (Lipinski definition) is 0. The molecule has 3 aromatic heterocycles. The second-order valence-corrected chi connectivity index (χ2v) is 14.5. The molecule has 0 aliphatic rings. The largest absolute Gasteiger partial charge is 2.00 e. The fourth-order valence-electron chi connectivity index (χ4n) is 6.43. The number of pyridine rings is 1. The molecule has 48 heavy (non-hydrogen) atoms. The molecule has 6 heteroatoms. The first-order valence-corrected chi connectivity index (χ1v) is 16.2. The first kappa shape index (κ1) is 33.4. The van der Waals surface area contributed by atoms with E-state index in [-0.39, 0.29) is 31.9 Å². The molecule has 0 spiro atoms. The fraction of sp³-hybridized carbons (Fsp3) is 0.238. The summed E-state index contributed by atoms with van der Waals surface area (Å²) in [6.07, 6.45) is 5.92. The van der Waals surface area contributed by atoms with Crippen molar-refractivity contribution in [3.63, 3.8) is 0 Å². The van der Waals surface area contributed by atoms with E-state index in [0.717, 1.165) is 44.4 Å². The van der Waals surface area contributed by atoms with Gasteiger partial charge in [0.05, 0.1) is 6.20 Å². The molecule has 7 rings (SSSR count). The van der Waals surface area contributed by atoms with E-state index in [2.05, 4.69) is 127 Å². The van der Waals surface area contributed by atoms with Crippen LogP contribution in [0.1, 0.15) is 63.8 Å². The summed E-state index contributed by atoms with van der Waals surface area (Å²) in [6.45, 7) is 17.9. The van der Waals surface area contributed by atoms with Crippen LogP contribution >= 0.6 is 0 Å². The van der Waals surface area contributed by atoms with Crippen LogP contribution in [0.15, 0.2) is 97.5 Å². The van der Waals surface area contributed by atoms with Crippen LogP contribution in [0.25, 0.3) is 44.4 Å². The Morgan fingerprint density at radius 3 is 2.12 bits per heavy atom. The number of hydrogen-bond acceptors (Lipinski definition) is 3. The van der Waals surface area contributed by atoms with Gasteiger partial charge in [-0.15, -0.1) is 35.7 Å². The third-order valence-electron chi connectivity index (χ3n) is 8.68. The minimum absolute atomic E-state index is 0. The van der Waals surface area contributed by atoms with Gasteiger partial charge < -0.3 is 9.30 Å². The normalized spacial score (nSPS) is 12.0. The topological polar surface area (TPSA) is 44.9 Å². The molecule has 5 nitrogen and oxygen atoms in total. The van der Waals surface area contributed by atoms with Crippen LogP contribution in [0.2, 0.25) is 0 Å². The van der Waals surface area contributed by atoms with Gasteiger partial charge in [-0.2, -0.15) is 17.2 Å². The van der Waals surface area contributed by atoms with E-state index in [9.17, 15) is 0 Å². The van der Waals surface area contributed by atoms with Crippen molar-refractivity contribution in [3.8, 4) is 34.1 Å². The zero-order chi connectivity index (χ0) is 33.1. The molecule has 0 atom stereocenters. The van der Waals surface area contributed by atoms with Gasteiger partial charge >= 0.3 is 21.1 Å². The Morgan fingerprint density at radius 1 is 0.708 bits per heavy atom. The average molecular weight is 812 g/mol. The fourth-order valence-corrected chi connectivity index (χ4v) is 6.43. The maximum absolute atomic E-state index is 6.41. The zero-order valence-corrected chi connectivity index (χ0v) is 31.0. The molecule has 0 unspecified atom stereocenters. The van der Waals surface area contributed by atoms with Crippen LogP contribution in [0.5, 0.6) is 11.5 Å². The summed E-state index contributed by atoms with van der Waals surface area (Å²) in [5.41, 5.74) is 10.2. The van der Waals surface area contributed by atoms with Crippen molar-refractivity contribution in [3.05, 3.63) is 132 Å². The van der Waals surface area contributed by atoms with E-state index < -0.39 is 0 Å². The van der Waals surface area contributed by atoms with Gasteiger partial charge in [0, 0.05) is 35.0 Å². The van der Waals surface area contributed by atoms with Crippen molar-refractivity contribution in [2.24, 2.45) is 0 Å². The Balaban J connectivity index is 0.00000401. The van der Waals surface area contributed by atoms with Crippen LogP contribution in [-0.2, 0) is 31.9 Å². The van der Waals surface area contributed by atoms with Crippen LogP contribution in [-0.4, -0.2) is 19.3 Å². The first-order chi connectivity index (χ1) is 22.4. The van der Waals surface area contributed by atoms with E-state index in [0.29, 0.717) is 11.5 Å². The molecule has 0 fully saturated rings. The third-order valence-corrected chi connectivity index (χ3v) is 8.68. The predicted molar refractivity (Wildman–Crippen MR) is 192 cm³/mol. The van der Waals surface area contributed by atoms with E-state index in [1.165, 1.54) is 22.3 Å². The SMILES string of the molecule is Cc1ccnc(-n2c3[c-]c(Oc4[c-]c(-n5cc(-c6c(C(C)(C)C)cc(C)cc6C(C)(C)C)cn5)ccc4)ccc3c3ccccc32)c1.[Pt+2]. The van der Waals surface area contributed by atoms with Crippen molar-refractivity contribution in [1.29, 1.82) is 0 Å². The van der Waals surface area contributed by atoms with Crippen molar-refractivity contribution < 1.29 is 25.8 Å². The minimum Gasteiger partial charge on any atom is -0.509 e. The molecule has 3 heterocycles. The summed E-state index contributed by atoms with van der Waals surface area (Å²) in [4.78, 5) is 4.69. The number of rotatable bonds is 5. The summed E-state index contributed by atoms with van der Waals surface area (Å²) in [6, 6.07) is 34.1. The number of aromatic nitrogens is 4. The van der Waals surface area contributed by atoms with Gasteiger partial charge in [-0.3, -0.25) is 4.68 Å². The summed E-state index contributed by atoms with van der Waals surface area (Å²) in [5.74, 6) is 2.05. The van der Waals surface area contributed by atoms with Gasteiger partial charge in [0.2, 0.25) is 0 Å². The molecular weight excluding hydrogens is 772 g/mol. The van der Waals surface area contributed by atoms with E-state index in [4.69, 9.17) is 14.8 Å². The van der Waals surface area contributed by atoms with Crippen LogP contribution in [0.4, 0.5) is 0 Å². The number of fused-ring (bicyclic) bond motifs is 3.